The molecule has 2 rings (SSSR count). The Morgan fingerprint density at radius 3 is 2.60 bits per heavy atom. The highest BCUT2D eigenvalue weighted by atomic mass is 16.5. The van der Waals surface area contributed by atoms with Crippen LogP contribution in [0.4, 0.5) is 0 Å². The van der Waals surface area contributed by atoms with Gasteiger partial charge in [-0.3, -0.25) is 0 Å². The van der Waals surface area contributed by atoms with Crippen molar-refractivity contribution in [2.24, 2.45) is 0 Å². The van der Waals surface area contributed by atoms with Gasteiger partial charge in [0.15, 0.2) is 0 Å². The number of hydrogen-bond acceptors (Lipinski definition) is 3. The van der Waals surface area contributed by atoms with Crippen LogP contribution in [0.5, 0.6) is 11.6 Å². The van der Waals surface area contributed by atoms with E-state index >= 15 is 0 Å². The molecule has 2 aromatic rings. The molecule has 1 aromatic heterocycles. The maximum Gasteiger partial charge on any atom is 0.219 e. The molecule has 0 fully saturated rings. The van der Waals surface area contributed by atoms with Crippen LogP contribution >= 0.6 is 0 Å². The van der Waals surface area contributed by atoms with Crippen LogP contribution in [0.15, 0.2) is 36.4 Å². The number of ether oxygens (including phenoxy) is 1. The maximum absolute atomic E-state index is 5.84. The summed E-state index contributed by atoms with van der Waals surface area (Å²) in [5.41, 5.74) is 3.34. The third kappa shape index (κ3) is 3.81. The monoisotopic (exact) mass is 270 g/mol. The summed E-state index contributed by atoms with van der Waals surface area (Å²) in [5, 5.41) is 3.39. The lowest BCUT2D eigenvalue weighted by Gasteiger charge is -2.11. The number of pyridine rings is 1. The van der Waals surface area contributed by atoms with E-state index < -0.39 is 0 Å². The highest BCUT2D eigenvalue weighted by molar-refractivity contribution is 5.35. The second-order valence-corrected chi connectivity index (χ2v) is 4.94. The highest BCUT2D eigenvalue weighted by Gasteiger charge is 2.05. The smallest absolute Gasteiger partial charge is 0.219 e. The molecule has 0 radical (unpaired) electrons. The van der Waals surface area contributed by atoms with Crippen molar-refractivity contribution in [3.05, 3.63) is 53.2 Å². The summed E-state index contributed by atoms with van der Waals surface area (Å²) in [4.78, 5) is 4.53. The third-order valence-corrected chi connectivity index (χ3v) is 3.22. The molecule has 0 unspecified atom stereocenters. The Balaban J connectivity index is 2.07. The largest absolute Gasteiger partial charge is 0.439 e. The predicted octanol–water partition coefficient (Wildman–Crippen LogP) is 3.99. The molecule has 1 N–H and O–H groups in total. The molecule has 0 spiro atoms. The summed E-state index contributed by atoms with van der Waals surface area (Å²) >= 11 is 0. The van der Waals surface area contributed by atoms with E-state index in [-0.39, 0.29) is 0 Å². The quantitative estimate of drug-likeness (QED) is 0.806. The zero-order valence-corrected chi connectivity index (χ0v) is 12.4. The zero-order chi connectivity index (χ0) is 14.4. The van der Waals surface area contributed by atoms with E-state index in [1.54, 1.807) is 0 Å². The van der Waals surface area contributed by atoms with Gasteiger partial charge in [0.1, 0.15) is 5.75 Å². The molecule has 3 heteroatoms. The van der Waals surface area contributed by atoms with Crippen LogP contribution in [-0.2, 0) is 6.54 Å². The summed E-state index contributed by atoms with van der Waals surface area (Å²) in [6, 6.07) is 12.0. The number of nitrogens with one attached hydrogen (secondary N) is 1. The number of aryl methyl sites for hydroxylation is 2. The Labute approximate surface area is 121 Å². The van der Waals surface area contributed by atoms with Gasteiger partial charge in [0.2, 0.25) is 5.88 Å². The van der Waals surface area contributed by atoms with Gasteiger partial charge in [-0.15, -0.1) is 0 Å². The van der Waals surface area contributed by atoms with Gasteiger partial charge in [0.05, 0.1) is 0 Å². The molecule has 0 amide bonds. The first kappa shape index (κ1) is 14.5. The van der Waals surface area contributed by atoms with E-state index in [0.29, 0.717) is 5.88 Å². The van der Waals surface area contributed by atoms with Crippen LogP contribution in [0.3, 0.4) is 0 Å². The lowest BCUT2D eigenvalue weighted by molar-refractivity contribution is 0.457. The molecule has 20 heavy (non-hydrogen) atoms. The summed E-state index contributed by atoms with van der Waals surface area (Å²) in [6.45, 7) is 8.11. The van der Waals surface area contributed by atoms with E-state index in [2.05, 4.69) is 23.3 Å². The van der Waals surface area contributed by atoms with Crippen molar-refractivity contribution in [2.45, 2.75) is 33.7 Å². The van der Waals surface area contributed by atoms with Crippen molar-refractivity contribution in [3.8, 4) is 11.6 Å². The number of benzene rings is 1. The van der Waals surface area contributed by atoms with E-state index in [1.807, 2.05) is 44.2 Å². The van der Waals surface area contributed by atoms with Gasteiger partial charge in [0, 0.05) is 18.3 Å². The van der Waals surface area contributed by atoms with Crippen LogP contribution in [0.2, 0.25) is 0 Å². The van der Waals surface area contributed by atoms with Crippen LogP contribution in [0.25, 0.3) is 0 Å². The predicted molar refractivity (Wildman–Crippen MR) is 82.2 cm³/mol. The SMILES string of the molecule is CCCNCc1ccc(Oc2ccccc2C)nc1C. The average Bonchev–Trinajstić information content (AvgIpc) is 2.44. The first-order chi connectivity index (χ1) is 9.70. The number of nitrogens with zero attached hydrogens (tertiary/aromatic N) is 1. The summed E-state index contributed by atoms with van der Waals surface area (Å²) in [7, 11) is 0. The molecule has 3 nitrogen and oxygen atoms in total. The molecule has 0 saturated carbocycles. The van der Waals surface area contributed by atoms with Gasteiger partial charge in [0.25, 0.3) is 0 Å². The Bertz CT molecular complexity index is 567. The minimum Gasteiger partial charge on any atom is -0.439 e. The Morgan fingerprint density at radius 2 is 1.90 bits per heavy atom. The average molecular weight is 270 g/mol. The van der Waals surface area contributed by atoms with Crippen molar-refractivity contribution >= 4 is 0 Å². The Kier molecular flexibility index (Phi) is 5.13. The van der Waals surface area contributed by atoms with Crippen molar-refractivity contribution < 1.29 is 4.74 Å². The summed E-state index contributed by atoms with van der Waals surface area (Å²) in [5.74, 6) is 1.51. The molecule has 1 aromatic carbocycles. The first-order valence-electron chi connectivity index (χ1n) is 7.11. The number of para-hydroxylation sites is 1. The maximum atomic E-state index is 5.84. The minimum atomic E-state index is 0.649. The minimum absolute atomic E-state index is 0.649. The molecule has 0 atom stereocenters. The fourth-order valence-electron chi connectivity index (χ4n) is 1.99. The number of rotatable bonds is 6. The van der Waals surface area contributed by atoms with Crippen molar-refractivity contribution in [1.82, 2.24) is 10.3 Å². The Morgan fingerprint density at radius 1 is 1.10 bits per heavy atom. The standard InChI is InChI=1S/C17H22N2O/c1-4-11-18-12-15-9-10-17(19-14(15)3)20-16-8-6-5-7-13(16)2/h5-10,18H,4,11-12H2,1-3H3. The second kappa shape index (κ2) is 7.06. The van der Waals surface area contributed by atoms with E-state index in [1.165, 1.54) is 5.56 Å². The molecule has 1 heterocycles. The number of aromatic nitrogens is 1. The van der Waals surface area contributed by atoms with Crippen LogP contribution in [0, 0.1) is 13.8 Å². The van der Waals surface area contributed by atoms with Gasteiger partial charge >= 0.3 is 0 Å². The van der Waals surface area contributed by atoms with Gasteiger partial charge in [-0.25, -0.2) is 4.98 Å². The van der Waals surface area contributed by atoms with E-state index in [4.69, 9.17) is 4.74 Å². The molecule has 0 saturated heterocycles. The fraction of sp³-hybridized carbons (Fsp3) is 0.353. The molecule has 106 valence electrons. The van der Waals surface area contributed by atoms with E-state index in [0.717, 1.165) is 36.5 Å². The molecular weight excluding hydrogens is 248 g/mol. The van der Waals surface area contributed by atoms with Crippen molar-refractivity contribution in [2.75, 3.05) is 6.54 Å². The summed E-state index contributed by atoms with van der Waals surface area (Å²) < 4.78 is 5.84. The molecule has 0 bridgehead atoms. The normalized spacial score (nSPS) is 10.6. The van der Waals surface area contributed by atoms with Gasteiger partial charge in [-0.05, 0) is 44.0 Å². The van der Waals surface area contributed by atoms with Crippen LogP contribution < -0.4 is 10.1 Å². The molecule has 0 aliphatic rings. The van der Waals surface area contributed by atoms with Gasteiger partial charge < -0.3 is 10.1 Å². The zero-order valence-electron chi connectivity index (χ0n) is 12.4. The summed E-state index contributed by atoms with van der Waals surface area (Å²) in [6.07, 6.45) is 1.14. The van der Waals surface area contributed by atoms with Gasteiger partial charge in [-0.1, -0.05) is 31.2 Å². The fourth-order valence-corrected chi connectivity index (χ4v) is 1.99. The van der Waals surface area contributed by atoms with Crippen molar-refractivity contribution in [3.63, 3.8) is 0 Å². The molecule has 0 aliphatic heterocycles. The second-order valence-electron chi connectivity index (χ2n) is 4.94. The van der Waals surface area contributed by atoms with Gasteiger partial charge in [-0.2, -0.15) is 0 Å². The lowest BCUT2D eigenvalue weighted by atomic mass is 10.2. The molecular formula is C17H22N2O. The topological polar surface area (TPSA) is 34.1 Å². The van der Waals surface area contributed by atoms with Crippen molar-refractivity contribution in [1.29, 1.82) is 0 Å². The van der Waals surface area contributed by atoms with Crippen LogP contribution in [0.1, 0.15) is 30.2 Å². The first-order valence-corrected chi connectivity index (χ1v) is 7.11. The highest BCUT2D eigenvalue weighted by Crippen LogP contribution is 2.23. The Hall–Kier alpha value is -1.87. The molecule has 0 aliphatic carbocycles. The lowest BCUT2D eigenvalue weighted by Crippen LogP contribution is -2.15. The number of hydrogen-bond donors (Lipinski definition) is 1. The third-order valence-electron chi connectivity index (χ3n) is 3.22. The van der Waals surface area contributed by atoms with Crippen LogP contribution in [-0.4, -0.2) is 11.5 Å². The van der Waals surface area contributed by atoms with E-state index in [9.17, 15) is 0 Å².